The summed E-state index contributed by atoms with van der Waals surface area (Å²) in [6.45, 7) is 2.36. The van der Waals surface area contributed by atoms with Crippen LogP contribution in [-0.4, -0.2) is 25.7 Å². The van der Waals surface area contributed by atoms with Crippen molar-refractivity contribution in [3.63, 3.8) is 0 Å². The number of nitrogens with one attached hydrogen (secondary N) is 1. The van der Waals surface area contributed by atoms with Crippen LogP contribution in [0.25, 0.3) is 0 Å². The van der Waals surface area contributed by atoms with E-state index >= 15 is 0 Å². The molecular formula is C14H22N2O2S2. The Morgan fingerprint density at radius 1 is 1.30 bits per heavy atom. The molecule has 0 aliphatic rings. The van der Waals surface area contributed by atoms with Gasteiger partial charge < -0.3 is 5.73 Å². The van der Waals surface area contributed by atoms with E-state index in [4.69, 9.17) is 18.0 Å². The molecule has 0 aliphatic carbocycles. The average Bonchev–Trinajstić information content (AvgIpc) is 2.38. The molecule has 0 amide bonds. The first-order valence-electron chi connectivity index (χ1n) is 6.71. The summed E-state index contributed by atoms with van der Waals surface area (Å²) >= 11 is 4.77. The van der Waals surface area contributed by atoms with E-state index in [0.29, 0.717) is 18.0 Å². The Balaban J connectivity index is 2.36. The van der Waals surface area contributed by atoms with Crippen LogP contribution in [0.1, 0.15) is 37.7 Å². The van der Waals surface area contributed by atoms with Gasteiger partial charge in [-0.15, -0.1) is 0 Å². The quantitative estimate of drug-likeness (QED) is 0.541. The highest BCUT2D eigenvalue weighted by Gasteiger charge is 2.16. The summed E-state index contributed by atoms with van der Waals surface area (Å²) in [7, 11) is -3.24. The minimum atomic E-state index is -3.24. The molecule has 1 rings (SSSR count). The monoisotopic (exact) mass is 314 g/mol. The second kappa shape index (κ2) is 8.34. The Labute approximate surface area is 126 Å². The molecule has 3 N–H and O–H groups in total. The molecule has 1 aromatic rings. The topological polar surface area (TPSA) is 72.2 Å². The summed E-state index contributed by atoms with van der Waals surface area (Å²) < 4.78 is 26.5. The van der Waals surface area contributed by atoms with Gasteiger partial charge in [-0.3, -0.25) is 0 Å². The van der Waals surface area contributed by atoms with Gasteiger partial charge in [0.15, 0.2) is 0 Å². The molecule has 20 heavy (non-hydrogen) atoms. The van der Waals surface area contributed by atoms with Crippen molar-refractivity contribution in [3.05, 3.63) is 35.9 Å². The number of thiocarbonyl (C=S) groups is 1. The van der Waals surface area contributed by atoms with Gasteiger partial charge in [-0.1, -0.05) is 49.5 Å². The zero-order chi connectivity index (χ0) is 15.0. The standard InChI is InChI=1S/C14H22N2O2S2/c1-12(13-7-3-2-4-8-13)11-20(17,18)16-10-6-5-9-14(15)19/h2-4,7-8,12,16H,5-6,9-11H2,1H3,(H2,15,19). The summed E-state index contributed by atoms with van der Waals surface area (Å²) in [6.07, 6.45) is 2.22. The molecule has 0 aromatic heterocycles. The number of benzene rings is 1. The molecule has 0 heterocycles. The van der Waals surface area contributed by atoms with E-state index in [9.17, 15) is 8.42 Å². The zero-order valence-corrected chi connectivity index (χ0v) is 13.3. The van der Waals surface area contributed by atoms with Crippen molar-refractivity contribution >= 4 is 27.2 Å². The van der Waals surface area contributed by atoms with Crippen molar-refractivity contribution in [3.8, 4) is 0 Å². The van der Waals surface area contributed by atoms with Crippen molar-refractivity contribution in [1.29, 1.82) is 0 Å². The van der Waals surface area contributed by atoms with Gasteiger partial charge in [-0.05, 0) is 30.7 Å². The van der Waals surface area contributed by atoms with Crippen LogP contribution in [0.4, 0.5) is 0 Å². The second-order valence-electron chi connectivity index (χ2n) is 4.91. The number of nitrogens with two attached hydrogens (primary N) is 1. The fourth-order valence-electron chi connectivity index (χ4n) is 1.92. The van der Waals surface area contributed by atoms with E-state index in [2.05, 4.69) is 4.72 Å². The summed E-state index contributed by atoms with van der Waals surface area (Å²) in [4.78, 5) is 0.477. The van der Waals surface area contributed by atoms with Crippen LogP contribution in [0.3, 0.4) is 0 Å². The van der Waals surface area contributed by atoms with Crippen LogP contribution >= 0.6 is 12.2 Å². The fraction of sp³-hybridized carbons (Fsp3) is 0.500. The van der Waals surface area contributed by atoms with Crippen molar-refractivity contribution in [2.24, 2.45) is 5.73 Å². The van der Waals surface area contributed by atoms with Crippen molar-refractivity contribution < 1.29 is 8.42 Å². The number of unbranched alkanes of at least 4 members (excludes halogenated alkanes) is 1. The number of hydrogen-bond donors (Lipinski definition) is 2. The maximum atomic E-state index is 11.9. The molecule has 1 aromatic carbocycles. The van der Waals surface area contributed by atoms with E-state index < -0.39 is 10.0 Å². The predicted octanol–water partition coefficient (Wildman–Crippen LogP) is 2.17. The molecule has 1 unspecified atom stereocenters. The van der Waals surface area contributed by atoms with E-state index in [1.165, 1.54) is 0 Å². The fourth-order valence-corrected chi connectivity index (χ4v) is 3.49. The van der Waals surface area contributed by atoms with Crippen molar-refractivity contribution in [2.75, 3.05) is 12.3 Å². The summed E-state index contributed by atoms with van der Waals surface area (Å²) in [6, 6.07) is 9.65. The Bertz CT molecular complexity index is 515. The third-order valence-corrected chi connectivity index (χ3v) is 4.80. The Morgan fingerprint density at radius 3 is 2.55 bits per heavy atom. The molecule has 0 bridgehead atoms. The largest absolute Gasteiger partial charge is 0.393 e. The maximum absolute atomic E-state index is 11.9. The predicted molar refractivity (Wildman–Crippen MR) is 87.3 cm³/mol. The van der Waals surface area contributed by atoms with Crippen molar-refractivity contribution in [2.45, 2.75) is 32.1 Å². The molecule has 0 saturated heterocycles. The molecule has 112 valence electrons. The van der Waals surface area contributed by atoms with Gasteiger partial charge in [0.2, 0.25) is 10.0 Å². The molecule has 6 heteroatoms. The first kappa shape index (κ1) is 17.1. The van der Waals surface area contributed by atoms with Gasteiger partial charge in [0, 0.05) is 6.54 Å². The highest BCUT2D eigenvalue weighted by Crippen LogP contribution is 2.16. The highest BCUT2D eigenvalue weighted by molar-refractivity contribution is 7.89. The number of sulfonamides is 1. The first-order chi connectivity index (χ1) is 9.41. The minimum absolute atomic E-state index is 0.0229. The minimum Gasteiger partial charge on any atom is -0.393 e. The van der Waals surface area contributed by atoms with Gasteiger partial charge in [-0.25, -0.2) is 13.1 Å². The van der Waals surface area contributed by atoms with Crippen LogP contribution in [0.5, 0.6) is 0 Å². The van der Waals surface area contributed by atoms with Gasteiger partial charge >= 0.3 is 0 Å². The summed E-state index contributed by atoms with van der Waals surface area (Å²) in [5.41, 5.74) is 6.42. The molecule has 0 spiro atoms. The van der Waals surface area contributed by atoms with Gasteiger partial charge in [0.05, 0.1) is 10.7 Å². The molecular weight excluding hydrogens is 292 g/mol. The summed E-state index contributed by atoms with van der Waals surface area (Å²) in [5, 5.41) is 0. The lowest BCUT2D eigenvalue weighted by Crippen LogP contribution is -2.29. The second-order valence-corrected chi connectivity index (χ2v) is 7.29. The van der Waals surface area contributed by atoms with Gasteiger partial charge in [0.1, 0.15) is 0 Å². The van der Waals surface area contributed by atoms with E-state index in [0.717, 1.165) is 18.4 Å². The molecule has 0 fully saturated rings. The van der Waals surface area contributed by atoms with E-state index in [1.54, 1.807) is 0 Å². The highest BCUT2D eigenvalue weighted by atomic mass is 32.2. The molecule has 0 aliphatic heterocycles. The normalized spacial score (nSPS) is 13.1. The van der Waals surface area contributed by atoms with E-state index in [-0.39, 0.29) is 11.7 Å². The lowest BCUT2D eigenvalue weighted by atomic mass is 10.0. The first-order valence-corrected chi connectivity index (χ1v) is 8.77. The SMILES string of the molecule is CC(CS(=O)(=O)NCCCCC(N)=S)c1ccccc1. The Morgan fingerprint density at radius 2 is 1.95 bits per heavy atom. The number of hydrogen-bond acceptors (Lipinski definition) is 3. The average molecular weight is 314 g/mol. The number of rotatable bonds is 9. The Kier molecular flexibility index (Phi) is 7.12. The van der Waals surface area contributed by atoms with Gasteiger partial charge in [-0.2, -0.15) is 0 Å². The lowest BCUT2D eigenvalue weighted by Gasteiger charge is -2.13. The molecule has 0 saturated carbocycles. The third-order valence-electron chi connectivity index (χ3n) is 3.01. The Hall–Kier alpha value is -0.980. The van der Waals surface area contributed by atoms with Crippen LogP contribution in [0.15, 0.2) is 30.3 Å². The zero-order valence-electron chi connectivity index (χ0n) is 11.7. The smallest absolute Gasteiger partial charge is 0.212 e. The lowest BCUT2D eigenvalue weighted by molar-refractivity contribution is 0.572. The van der Waals surface area contributed by atoms with Crippen molar-refractivity contribution in [1.82, 2.24) is 4.72 Å². The van der Waals surface area contributed by atoms with Crippen LogP contribution in [-0.2, 0) is 10.0 Å². The molecule has 1 atom stereocenters. The van der Waals surface area contributed by atoms with Crippen LogP contribution in [0, 0.1) is 0 Å². The van der Waals surface area contributed by atoms with Crippen LogP contribution in [0.2, 0.25) is 0 Å². The maximum Gasteiger partial charge on any atom is 0.212 e. The molecule has 0 radical (unpaired) electrons. The van der Waals surface area contributed by atoms with E-state index in [1.807, 2.05) is 37.3 Å². The van der Waals surface area contributed by atoms with Crippen LogP contribution < -0.4 is 10.5 Å². The third kappa shape index (κ3) is 6.98. The van der Waals surface area contributed by atoms with Gasteiger partial charge in [0.25, 0.3) is 0 Å². The molecule has 4 nitrogen and oxygen atoms in total. The summed E-state index contributed by atoms with van der Waals surface area (Å²) in [5.74, 6) is 0.0806.